The van der Waals surface area contributed by atoms with E-state index in [-0.39, 0.29) is 0 Å². The minimum Gasteiger partial charge on any atom is -0.487 e. The number of hydrogen-bond acceptors (Lipinski definition) is 3. The van der Waals surface area contributed by atoms with E-state index in [9.17, 15) is 0 Å². The monoisotopic (exact) mass is 242 g/mol. The van der Waals surface area contributed by atoms with Crippen molar-refractivity contribution < 1.29 is 4.74 Å². The van der Waals surface area contributed by atoms with Crippen LogP contribution in [0.25, 0.3) is 0 Å². The zero-order valence-corrected chi connectivity index (χ0v) is 10.6. The third kappa shape index (κ3) is 3.77. The van der Waals surface area contributed by atoms with Crippen LogP contribution in [0, 0.1) is 0 Å². The van der Waals surface area contributed by atoms with E-state index in [0.29, 0.717) is 6.61 Å². The Hall–Kier alpha value is -2.03. The van der Waals surface area contributed by atoms with Crippen LogP contribution in [0.3, 0.4) is 0 Å². The molecule has 0 fully saturated rings. The van der Waals surface area contributed by atoms with Gasteiger partial charge in [0.05, 0.1) is 5.69 Å². The van der Waals surface area contributed by atoms with Gasteiger partial charge in [0.15, 0.2) is 0 Å². The Labute approximate surface area is 108 Å². The zero-order chi connectivity index (χ0) is 12.6. The van der Waals surface area contributed by atoms with Gasteiger partial charge in [-0.2, -0.15) is 0 Å². The van der Waals surface area contributed by atoms with E-state index in [2.05, 4.69) is 17.2 Å². The quantitative estimate of drug-likeness (QED) is 0.842. The average Bonchev–Trinajstić information content (AvgIpc) is 2.44. The summed E-state index contributed by atoms with van der Waals surface area (Å²) in [6.45, 7) is 3.61. The summed E-state index contributed by atoms with van der Waals surface area (Å²) in [7, 11) is 0. The molecule has 2 aromatic rings. The molecule has 94 valence electrons. The summed E-state index contributed by atoms with van der Waals surface area (Å²) in [5, 5.41) is 3.34. The third-order valence-electron chi connectivity index (χ3n) is 2.53. The molecule has 0 amide bonds. The molecule has 0 aliphatic heterocycles. The molecule has 1 aromatic heterocycles. The Morgan fingerprint density at radius 3 is 2.78 bits per heavy atom. The standard InChI is InChI=1S/C15H18N2O/c1-2-9-16-13-8-10-17-14(11-13)12-18-15-6-4-3-5-7-15/h3-8,10-11H,2,9,12H2,1H3,(H,16,17). The molecular weight excluding hydrogens is 224 g/mol. The lowest BCUT2D eigenvalue weighted by atomic mass is 10.3. The van der Waals surface area contributed by atoms with E-state index in [1.54, 1.807) is 0 Å². The molecule has 1 heterocycles. The van der Waals surface area contributed by atoms with Gasteiger partial charge in [0.25, 0.3) is 0 Å². The van der Waals surface area contributed by atoms with Gasteiger partial charge in [-0.3, -0.25) is 4.98 Å². The van der Waals surface area contributed by atoms with Crippen molar-refractivity contribution in [3.63, 3.8) is 0 Å². The summed E-state index contributed by atoms with van der Waals surface area (Å²) in [6.07, 6.45) is 2.92. The predicted octanol–water partition coefficient (Wildman–Crippen LogP) is 3.48. The molecule has 2 rings (SSSR count). The number of hydrogen-bond donors (Lipinski definition) is 1. The predicted molar refractivity (Wildman–Crippen MR) is 73.8 cm³/mol. The molecule has 0 unspecified atom stereocenters. The molecule has 18 heavy (non-hydrogen) atoms. The number of nitrogens with one attached hydrogen (secondary N) is 1. The summed E-state index contributed by atoms with van der Waals surface area (Å²) in [5.74, 6) is 0.867. The fraction of sp³-hybridized carbons (Fsp3) is 0.267. The first-order valence-electron chi connectivity index (χ1n) is 6.25. The minimum atomic E-state index is 0.492. The number of nitrogens with zero attached hydrogens (tertiary/aromatic N) is 1. The van der Waals surface area contributed by atoms with E-state index >= 15 is 0 Å². The topological polar surface area (TPSA) is 34.2 Å². The largest absolute Gasteiger partial charge is 0.487 e. The molecule has 3 heteroatoms. The number of anilines is 1. The van der Waals surface area contributed by atoms with Crippen LogP contribution in [0.2, 0.25) is 0 Å². The van der Waals surface area contributed by atoms with Gasteiger partial charge in [-0.1, -0.05) is 25.1 Å². The van der Waals surface area contributed by atoms with Crippen molar-refractivity contribution in [2.75, 3.05) is 11.9 Å². The number of ether oxygens (including phenoxy) is 1. The van der Waals surface area contributed by atoms with E-state index in [4.69, 9.17) is 4.74 Å². The van der Waals surface area contributed by atoms with Crippen molar-refractivity contribution in [1.82, 2.24) is 4.98 Å². The fourth-order valence-corrected chi connectivity index (χ4v) is 1.61. The van der Waals surface area contributed by atoms with Gasteiger partial charge in [0, 0.05) is 18.4 Å². The molecule has 0 bridgehead atoms. The highest BCUT2D eigenvalue weighted by molar-refractivity contribution is 5.43. The van der Waals surface area contributed by atoms with E-state index in [1.807, 2.05) is 48.7 Å². The maximum absolute atomic E-state index is 5.66. The van der Waals surface area contributed by atoms with Crippen LogP contribution < -0.4 is 10.1 Å². The Kier molecular flexibility index (Phi) is 4.59. The number of aromatic nitrogens is 1. The molecule has 0 aliphatic rings. The highest BCUT2D eigenvalue weighted by Gasteiger charge is 1.98. The lowest BCUT2D eigenvalue weighted by Gasteiger charge is -2.08. The first-order valence-corrected chi connectivity index (χ1v) is 6.25. The summed E-state index contributed by atoms with van der Waals surface area (Å²) in [5.41, 5.74) is 2.03. The van der Waals surface area contributed by atoms with Crippen molar-refractivity contribution in [3.8, 4) is 5.75 Å². The van der Waals surface area contributed by atoms with Crippen LogP contribution in [0.5, 0.6) is 5.75 Å². The highest BCUT2D eigenvalue weighted by Crippen LogP contribution is 2.13. The Bertz CT molecular complexity index is 471. The van der Waals surface area contributed by atoms with Crippen LogP contribution in [0.4, 0.5) is 5.69 Å². The van der Waals surface area contributed by atoms with Gasteiger partial charge in [-0.05, 0) is 30.7 Å². The van der Waals surface area contributed by atoms with Crippen LogP contribution in [0.15, 0.2) is 48.7 Å². The van der Waals surface area contributed by atoms with Gasteiger partial charge in [-0.15, -0.1) is 0 Å². The Morgan fingerprint density at radius 2 is 2.00 bits per heavy atom. The van der Waals surface area contributed by atoms with Gasteiger partial charge in [-0.25, -0.2) is 0 Å². The zero-order valence-electron chi connectivity index (χ0n) is 10.6. The molecule has 3 nitrogen and oxygen atoms in total. The molecule has 0 atom stereocenters. The highest BCUT2D eigenvalue weighted by atomic mass is 16.5. The number of pyridine rings is 1. The normalized spacial score (nSPS) is 10.1. The van der Waals surface area contributed by atoms with E-state index in [0.717, 1.165) is 30.1 Å². The van der Waals surface area contributed by atoms with Crippen LogP contribution in [-0.2, 0) is 6.61 Å². The lowest BCUT2D eigenvalue weighted by molar-refractivity contribution is 0.301. The average molecular weight is 242 g/mol. The molecule has 0 saturated heterocycles. The van der Waals surface area contributed by atoms with Gasteiger partial charge in [0.1, 0.15) is 12.4 Å². The van der Waals surface area contributed by atoms with E-state index in [1.165, 1.54) is 0 Å². The van der Waals surface area contributed by atoms with Crippen LogP contribution in [-0.4, -0.2) is 11.5 Å². The van der Waals surface area contributed by atoms with Crippen molar-refractivity contribution in [2.24, 2.45) is 0 Å². The summed E-state index contributed by atoms with van der Waals surface area (Å²) < 4.78 is 5.66. The summed E-state index contributed by atoms with van der Waals surface area (Å²) in [4.78, 5) is 4.30. The fourth-order valence-electron chi connectivity index (χ4n) is 1.61. The SMILES string of the molecule is CCCNc1ccnc(COc2ccccc2)c1. The molecule has 0 aliphatic carbocycles. The molecular formula is C15H18N2O. The van der Waals surface area contributed by atoms with Crippen molar-refractivity contribution in [1.29, 1.82) is 0 Å². The first kappa shape index (κ1) is 12.4. The van der Waals surface area contributed by atoms with Gasteiger partial charge in [0.2, 0.25) is 0 Å². The van der Waals surface area contributed by atoms with Crippen LogP contribution >= 0.6 is 0 Å². The maximum atomic E-state index is 5.66. The van der Waals surface area contributed by atoms with Crippen LogP contribution in [0.1, 0.15) is 19.0 Å². The smallest absolute Gasteiger partial charge is 0.130 e. The summed E-state index contributed by atoms with van der Waals surface area (Å²) in [6, 6.07) is 13.8. The molecule has 0 radical (unpaired) electrons. The molecule has 0 spiro atoms. The Balaban J connectivity index is 1.93. The number of benzene rings is 1. The number of rotatable bonds is 6. The van der Waals surface area contributed by atoms with Crippen molar-refractivity contribution in [3.05, 3.63) is 54.4 Å². The van der Waals surface area contributed by atoms with Crippen molar-refractivity contribution >= 4 is 5.69 Å². The number of para-hydroxylation sites is 1. The minimum absolute atomic E-state index is 0.492. The van der Waals surface area contributed by atoms with Gasteiger partial charge >= 0.3 is 0 Å². The van der Waals surface area contributed by atoms with E-state index < -0.39 is 0 Å². The van der Waals surface area contributed by atoms with Crippen molar-refractivity contribution in [2.45, 2.75) is 20.0 Å². The first-order chi connectivity index (χ1) is 8.88. The maximum Gasteiger partial charge on any atom is 0.130 e. The van der Waals surface area contributed by atoms with Gasteiger partial charge < -0.3 is 10.1 Å². The summed E-state index contributed by atoms with van der Waals surface area (Å²) >= 11 is 0. The second-order valence-electron chi connectivity index (χ2n) is 4.06. The second-order valence-corrected chi connectivity index (χ2v) is 4.06. The lowest BCUT2D eigenvalue weighted by Crippen LogP contribution is -2.02. The molecule has 0 saturated carbocycles. The molecule has 1 aromatic carbocycles. The molecule has 1 N–H and O–H groups in total. The second kappa shape index (κ2) is 6.64. The third-order valence-corrected chi connectivity index (χ3v) is 2.53. The Morgan fingerprint density at radius 1 is 1.17 bits per heavy atom.